The van der Waals surface area contributed by atoms with E-state index in [9.17, 15) is 13.2 Å². The van der Waals surface area contributed by atoms with Gasteiger partial charge in [0.1, 0.15) is 12.0 Å². The van der Waals surface area contributed by atoms with Gasteiger partial charge in [-0.3, -0.25) is 4.68 Å². The van der Waals surface area contributed by atoms with Gasteiger partial charge in [-0.15, -0.1) is 6.58 Å². The Balaban J connectivity index is 0.000000298. The molecule has 0 aliphatic carbocycles. The van der Waals surface area contributed by atoms with Gasteiger partial charge in [0.15, 0.2) is 0 Å². The van der Waals surface area contributed by atoms with Crippen LogP contribution in [0.2, 0.25) is 0 Å². The highest BCUT2D eigenvalue weighted by atomic mass is 19.4. The lowest BCUT2D eigenvalue weighted by Crippen LogP contribution is -2.21. The smallest absolute Gasteiger partial charge is 0.475 e. The minimum atomic E-state index is -5.08. The monoisotopic (exact) mass is 367 g/mol. The number of carboxylic acid groups (broad SMARTS) is 1. The minimum Gasteiger partial charge on any atom is -0.475 e. The van der Waals surface area contributed by atoms with Gasteiger partial charge in [0.2, 0.25) is 0 Å². The second-order valence-electron chi connectivity index (χ2n) is 5.35. The van der Waals surface area contributed by atoms with Crippen molar-refractivity contribution in [2.45, 2.75) is 25.6 Å². The molecule has 26 heavy (non-hydrogen) atoms. The van der Waals surface area contributed by atoms with Gasteiger partial charge in [-0.1, -0.05) is 6.08 Å². The summed E-state index contributed by atoms with van der Waals surface area (Å²) >= 11 is 0. The Morgan fingerprint density at radius 3 is 2.77 bits per heavy atom. The van der Waals surface area contributed by atoms with Crippen molar-refractivity contribution < 1.29 is 23.1 Å². The predicted molar refractivity (Wildman–Crippen MR) is 88.3 cm³/mol. The van der Waals surface area contributed by atoms with E-state index in [-0.39, 0.29) is 0 Å². The number of hydrogen-bond donors (Lipinski definition) is 2. The number of aliphatic carboxylic acids is 1. The summed E-state index contributed by atoms with van der Waals surface area (Å²) in [6.45, 7) is 5.87. The third-order valence-corrected chi connectivity index (χ3v) is 3.43. The molecule has 1 unspecified atom stereocenters. The number of hydrogen-bond acceptors (Lipinski definition) is 4. The first-order chi connectivity index (χ1) is 12.2. The van der Waals surface area contributed by atoms with Crippen molar-refractivity contribution in [3.8, 4) is 11.3 Å². The van der Waals surface area contributed by atoms with Gasteiger partial charge >= 0.3 is 12.1 Å². The molecule has 3 aromatic rings. The van der Waals surface area contributed by atoms with Crippen LogP contribution < -0.4 is 0 Å². The maximum absolute atomic E-state index is 10.6. The zero-order valence-electron chi connectivity index (χ0n) is 13.7. The Labute approximate surface area is 146 Å². The Morgan fingerprint density at radius 2 is 2.15 bits per heavy atom. The Hall–Kier alpha value is -3.17. The van der Waals surface area contributed by atoms with E-state index in [2.05, 4.69) is 33.6 Å². The largest absolute Gasteiger partial charge is 0.490 e. The van der Waals surface area contributed by atoms with Crippen LogP contribution in [0.3, 0.4) is 0 Å². The van der Waals surface area contributed by atoms with Crippen LogP contribution in [-0.2, 0) is 4.79 Å². The fourth-order valence-electron chi connectivity index (χ4n) is 2.15. The lowest BCUT2D eigenvalue weighted by Gasteiger charge is -2.08. The molecular weight excluding hydrogens is 351 g/mol. The van der Waals surface area contributed by atoms with E-state index < -0.39 is 12.1 Å². The van der Waals surface area contributed by atoms with Crippen molar-refractivity contribution in [3.63, 3.8) is 0 Å². The van der Waals surface area contributed by atoms with Gasteiger partial charge in [0, 0.05) is 23.3 Å². The Morgan fingerprint density at radius 1 is 1.46 bits per heavy atom. The minimum absolute atomic E-state index is 0.301. The number of H-pyrrole nitrogens is 1. The molecule has 0 radical (unpaired) electrons. The maximum Gasteiger partial charge on any atom is 0.490 e. The number of nitrogens with one attached hydrogen (secondary N) is 1. The van der Waals surface area contributed by atoms with Crippen molar-refractivity contribution in [1.29, 1.82) is 0 Å². The highest BCUT2D eigenvalue weighted by Crippen LogP contribution is 2.25. The standard InChI is InChI=1S/C14H15N5.C2HF3O2/c1-3-4-10(2)19-8-11(7-18-19)13-12-5-6-15-14(12)17-9-16-13;3-2(4,5)1(6)7/h3,5-10H,1,4H2,2H3,(H,15,16,17);(H,6,7). The summed E-state index contributed by atoms with van der Waals surface area (Å²) in [5.41, 5.74) is 2.75. The normalized spacial score (nSPS) is 12.3. The second kappa shape index (κ2) is 7.81. The third-order valence-electron chi connectivity index (χ3n) is 3.43. The summed E-state index contributed by atoms with van der Waals surface area (Å²) in [6, 6.07) is 2.28. The number of alkyl halides is 3. The zero-order valence-corrected chi connectivity index (χ0v) is 13.7. The lowest BCUT2D eigenvalue weighted by molar-refractivity contribution is -0.192. The molecule has 0 saturated carbocycles. The van der Waals surface area contributed by atoms with Gasteiger partial charge < -0.3 is 10.1 Å². The number of aromatic amines is 1. The number of allylic oxidation sites excluding steroid dienone is 1. The summed E-state index contributed by atoms with van der Waals surface area (Å²) in [5.74, 6) is -2.76. The van der Waals surface area contributed by atoms with Gasteiger partial charge in [0.05, 0.1) is 17.9 Å². The average molecular weight is 367 g/mol. The zero-order chi connectivity index (χ0) is 19.3. The lowest BCUT2D eigenvalue weighted by atomic mass is 10.2. The van der Waals surface area contributed by atoms with Gasteiger partial charge in [-0.2, -0.15) is 18.3 Å². The molecule has 1 atom stereocenters. The average Bonchev–Trinajstić information content (AvgIpc) is 3.24. The molecule has 7 nitrogen and oxygen atoms in total. The Kier molecular flexibility index (Phi) is 5.75. The first-order valence-electron chi connectivity index (χ1n) is 7.47. The van der Waals surface area contributed by atoms with E-state index in [4.69, 9.17) is 9.90 Å². The number of fused-ring (bicyclic) bond motifs is 1. The van der Waals surface area contributed by atoms with Crippen LogP contribution in [0.15, 0.2) is 43.6 Å². The number of halogens is 3. The van der Waals surface area contributed by atoms with Crippen molar-refractivity contribution in [2.75, 3.05) is 0 Å². The molecule has 2 N–H and O–H groups in total. The highest BCUT2D eigenvalue weighted by molar-refractivity contribution is 5.89. The fourth-order valence-corrected chi connectivity index (χ4v) is 2.15. The second-order valence-corrected chi connectivity index (χ2v) is 5.35. The molecule has 0 aliphatic heterocycles. The number of carbonyl (C=O) groups is 1. The van der Waals surface area contributed by atoms with E-state index in [0.29, 0.717) is 6.04 Å². The molecule has 0 spiro atoms. The van der Waals surface area contributed by atoms with Gasteiger partial charge in [-0.25, -0.2) is 14.8 Å². The van der Waals surface area contributed by atoms with E-state index in [1.807, 2.05) is 35.4 Å². The summed E-state index contributed by atoms with van der Waals surface area (Å²) in [6.07, 6.45) is 5.01. The number of aromatic nitrogens is 5. The molecule has 0 amide bonds. The van der Waals surface area contributed by atoms with Crippen molar-refractivity contribution in [2.24, 2.45) is 0 Å². The molecule has 0 fully saturated rings. The topological polar surface area (TPSA) is 96.7 Å². The van der Waals surface area contributed by atoms with E-state index in [0.717, 1.165) is 28.7 Å². The highest BCUT2D eigenvalue weighted by Gasteiger charge is 2.38. The van der Waals surface area contributed by atoms with Crippen LogP contribution in [0.4, 0.5) is 13.2 Å². The van der Waals surface area contributed by atoms with Crippen LogP contribution in [0.5, 0.6) is 0 Å². The van der Waals surface area contributed by atoms with Crippen LogP contribution in [0, 0.1) is 0 Å². The molecule has 0 aliphatic rings. The number of carboxylic acids is 1. The molecule has 0 saturated heterocycles. The quantitative estimate of drug-likeness (QED) is 0.687. The molecule has 0 aromatic carbocycles. The summed E-state index contributed by atoms with van der Waals surface area (Å²) in [5, 5.41) is 12.5. The summed E-state index contributed by atoms with van der Waals surface area (Å²) in [4.78, 5) is 20.5. The van der Waals surface area contributed by atoms with E-state index >= 15 is 0 Å². The molecule has 3 heterocycles. The first-order valence-corrected chi connectivity index (χ1v) is 7.47. The molecular formula is C16H16F3N5O2. The van der Waals surface area contributed by atoms with Crippen LogP contribution in [-0.4, -0.2) is 42.0 Å². The van der Waals surface area contributed by atoms with Crippen molar-refractivity contribution >= 4 is 17.0 Å². The van der Waals surface area contributed by atoms with Crippen molar-refractivity contribution in [3.05, 3.63) is 43.6 Å². The SMILES string of the molecule is C=CCC(C)n1cc(-c2ncnc3[nH]ccc23)cn1.O=C(O)C(F)(F)F. The summed E-state index contributed by atoms with van der Waals surface area (Å²) < 4.78 is 33.7. The van der Waals surface area contributed by atoms with Crippen molar-refractivity contribution in [1.82, 2.24) is 24.7 Å². The molecule has 10 heteroatoms. The summed E-state index contributed by atoms with van der Waals surface area (Å²) in [7, 11) is 0. The van der Waals surface area contributed by atoms with Gasteiger partial charge in [-0.05, 0) is 19.4 Å². The predicted octanol–water partition coefficient (Wildman–Crippen LogP) is 3.59. The van der Waals surface area contributed by atoms with E-state index in [1.54, 1.807) is 6.33 Å². The fraction of sp³-hybridized carbons (Fsp3) is 0.250. The van der Waals surface area contributed by atoms with Crippen LogP contribution in [0.1, 0.15) is 19.4 Å². The molecule has 138 valence electrons. The molecule has 3 aromatic heterocycles. The Bertz CT molecular complexity index is 901. The van der Waals surface area contributed by atoms with Crippen LogP contribution in [0.25, 0.3) is 22.3 Å². The number of nitrogens with zero attached hydrogens (tertiary/aromatic N) is 4. The third kappa shape index (κ3) is 4.47. The first kappa shape index (κ1) is 19.2. The molecule has 0 bridgehead atoms. The molecule has 3 rings (SSSR count). The van der Waals surface area contributed by atoms with Gasteiger partial charge in [0.25, 0.3) is 0 Å². The number of rotatable bonds is 4. The maximum atomic E-state index is 10.6. The van der Waals surface area contributed by atoms with E-state index in [1.165, 1.54) is 0 Å². The van der Waals surface area contributed by atoms with Crippen LogP contribution >= 0.6 is 0 Å².